The highest BCUT2D eigenvalue weighted by molar-refractivity contribution is 5.77. The Labute approximate surface area is 153 Å². The second-order valence-corrected chi connectivity index (χ2v) is 8.13. The topological polar surface area (TPSA) is 70.6 Å². The molecule has 26 heavy (non-hydrogen) atoms. The second kappa shape index (κ2) is 5.66. The predicted molar refractivity (Wildman–Crippen MR) is 99.5 cm³/mol. The molecule has 136 valence electrons. The smallest absolute Gasteiger partial charge is 0.318 e. The summed E-state index contributed by atoms with van der Waals surface area (Å²) in [5.41, 5.74) is 2.23. The first-order valence-electron chi connectivity index (χ1n) is 8.94. The molecule has 0 radical (unpaired) electrons. The van der Waals surface area contributed by atoms with Crippen LogP contribution >= 0.6 is 0 Å². The van der Waals surface area contributed by atoms with Crippen molar-refractivity contribution in [1.29, 1.82) is 0 Å². The van der Waals surface area contributed by atoms with Crippen molar-refractivity contribution in [1.82, 2.24) is 10.6 Å². The van der Waals surface area contributed by atoms with E-state index < -0.39 is 5.72 Å². The monoisotopic (exact) mass is 352 g/mol. The van der Waals surface area contributed by atoms with E-state index in [0.717, 1.165) is 5.56 Å². The summed E-state index contributed by atoms with van der Waals surface area (Å²) in [4.78, 5) is 12.3. The van der Waals surface area contributed by atoms with Crippen LogP contribution in [0.25, 0.3) is 0 Å². The maximum Gasteiger partial charge on any atom is 0.318 e. The number of urea groups is 1. The molecule has 0 unspecified atom stereocenters. The average molecular weight is 352 g/mol. The number of aromatic hydroxyl groups is 1. The maximum atomic E-state index is 12.3. The number of amides is 2. The first kappa shape index (κ1) is 16.8. The second-order valence-electron chi connectivity index (χ2n) is 8.13. The van der Waals surface area contributed by atoms with Crippen molar-refractivity contribution in [2.45, 2.75) is 50.8 Å². The van der Waals surface area contributed by atoms with Crippen molar-refractivity contribution in [3.63, 3.8) is 0 Å². The molecule has 0 aromatic heterocycles. The minimum Gasteiger partial charge on any atom is -0.508 e. The Hall–Kier alpha value is -2.69. The number of benzene rings is 2. The van der Waals surface area contributed by atoms with Gasteiger partial charge in [-0.2, -0.15) is 0 Å². The van der Waals surface area contributed by atoms with Crippen LogP contribution in [0.4, 0.5) is 4.79 Å². The average Bonchev–Trinajstić information content (AvgIpc) is 2.52. The van der Waals surface area contributed by atoms with E-state index in [1.54, 1.807) is 12.1 Å². The lowest BCUT2D eigenvalue weighted by Crippen LogP contribution is -2.69. The van der Waals surface area contributed by atoms with E-state index >= 15 is 0 Å². The number of carbonyl (C=O) groups is 1. The van der Waals surface area contributed by atoms with Gasteiger partial charge in [-0.15, -0.1) is 0 Å². The molecule has 2 heterocycles. The Kier molecular flexibility index (Phi) is 3.65. The van der Waals surface area contributed by atoms with Crippen molar-refractivity contribution in [3.8, 4) is 11.5 Å². The maximum absolute atomic E-state index is 12.3. The first-order chi connectivity index (χ1) is 12.3. The third kappa shape index (κ3) is 2.98. The molecule has 2 aromatic rings. The molecule has 1 saturated heterocycles. The number of nitrogens with one attached hydrogen (secondary N) is 2. The highest BCUT2D eigenvalue weighted by Crippen LogP contribution is 2.47. The van der Waals surface area contributed by atoms with E-state index in [1.807, 2.05) is 19.9 Å². The van der Waals surface area contributed by atoms with Crippen LogP contribution < -0.4 is 15.4 Å². The number of hydrogen-bond acceptors (Lipinski definition) is 3. The van der Waals surface area contributed by atoms with Crippen LogP contribution in [0.5, 0.6) is 11.5 Å². The Bertz CT molecular complexity index is 860. The summed E-state index contributed by atoms with van der Waals surface area (Å²) in [6.07, 6.45) is 1.27. The summed E-state index contributed by atoms with van der Waals surface area (Å²) < 4.78 is 6.29. The van der Waals surface area contributed by atoms with Gasteiger partial charge in [0, 0.05) is 35.9 Å². The van der Waals surface area contributed by atoms with Gasteiger partial charge in [-0.1, -0.05) is 35.9 Å². The summed E-state index contributed by atoms with van der Waals surface area (Å²) in [5, 5.41) is 15.9. The Balaban J connectivity index is 1.81. The fraction of sp³-hybridized carbons (Fsp3) is 0.381. The van der Waals surface area contributed by atoms with E-state index in [9.17, 15) is 9.90 Å². The fourth-order valence-electron chi connectivity index (χ4n) is 4.22. The standard InChI is InChI=1S/C21H24N2O3/c1-13-4-6-14(7-5-13)17-11-21(12-20(2,3)22-19(25)23-21)26-18-10-15(24)8-9-16(17)18/h4-10,17,24H,11-12H2,1-3H3,(H2,22,23,25)/t17-,21+/m0/s1. The van der Waals surface area contributed by atoms with Crippen molar-refractivity contribution in [3.05, 3.63) is 59.2 Å². The normalized spacial score (nSPS) is 26.4. The third-order valence-corrected chi connectivity index (χ3v) is 5.21. The Morgan fingerprint density at radius 2 is 1.85 bits per heavy atom. The van der Waals surface area contributed by atoms with Crippen LogP contribution in [0.15, 0.2) is 42.5 Å². The molecule has 0 bridgehead atoms. The fourth-order valence-corrected chi connectivity index (χ4v) is 4.22. The molecule has 2 aliphatic rings. The molecule has 2 aromatic carbocycles. The van der Waals surface area contributed by atoms with Crippen molar-refractivity contribution in [2.75, 3.05) is 0 Å². The first-order valence-corrected chi connectivity index (χ1v) is 8.94. The number of ether oxygens (including phenoxy) is 1. The Morgan fingerprint density at radius 3 is 2.54 bits per heavy atom. The van der Waals surface area contributed by atoms with Crippen LogP contribution in [0.2, 0.25) is 0 Å². The van der Waals surface area contributed by atoms with Crippen LogP contribution in [0, 0.1) is 6.92 Å². The minimum atomic E-state index is -0.803. The summed E-state index contributed by atoms with van der Waals surface area (Å²) in [6, 6.07) is 13.5. The largest absolute Gasteiger partial charge is 0.508 e. The lowest BCUT2D eigenvalue weighted by molar-refractivity contribution is -0.0236. The zero-order valence-electron chi connectivity index (χ0n) is 15.3. The summed E-state index contributed by atoms with van der Waals surface area (Å²) in [7, 11) is 0. The molecular formula is C21H24N2O3. The molecule has 0 saturated carbocycles. The highest BCUT2D eigenvalue weighted by atomic mass is 16.5. The van der Waals surface area contributed by atoms with E-state index in [1.165, 1.54) is 11.1 Å². The van der Waals surface area contributed by atoms with Gasteiger partial charge in [-0.25, -0.2) is 4.79 Å². The molecule has 1 spiro atoms. The zero-order chi connectivity index (χ0) is 18.5. The molecule has 5 nitrogen and oxygen atoms in total. The predicted octanol–water partition coefficient (Wildman–Crippen LogP) is 3.79. The summed E-state index contributed by atoms with van der Waals surface area (Å²) >= 11 is 0. The number of fused-ring (bicyclic) bond motifs is 1. The molecule has 0 aliphatic carbocycles. The van der Waals surface area contributed by atoms with Crippen molar-refractivity contribution < 1.29 is 14.6 Å². The quantitative estimate of drug-likeness (QED) is 0.731. The molecular weight excluding hydrogens is 328 g/mol. The number of phenols is 1. The SMILES string of the molecule is Cc1ccc([C@@H]2C[C@]3(CC(C)(C)NC(=O)N3)Oc3cc(O)ccc32)cc1. The lowest BCUT2D eigenvalue weighted by Gasteiger charge is -2.49. The molecule has 1 fully saturated rings. The van der Waals surface area contributed by atoms with Gasteiger partial charge in [0.2, 0.25) is 0 Å². The van der Waals surface area contributed by atoms with Crippen molar-refractivity contribution in [2.24, 2.45) is 0 Å². The number of aryl methyl sites for hydroxylation is 1. The lowest BCUT2D eigenvalue weighted by atomic mass is 9.77. The van der Waals surface area contributed by atoms with Gasteiger partial charge in [0.1, 0.15) is 11.5 Å². The van der Waals surface area contributed by atoms with Gasteiger partial charge in [0.05, 0.1) is 0 Å². The third-order valence-electron chi connectivity index (χ3n) is 5.21. The van der Waals surface area contributed by atoms with Crippen LogP contribution in [0.1, 0.15) is 49.3 Å². The van der Waals surface area contributed by atoms with Crippen LogP contribution in [0.3, 0.4) is 0 Å². The molecule has 3 N–H and O–H groups in total. The molecule has 2 amide bonds. The number of phenolic OH excluding ortho intramolecular Hbond substituents is 1. The summed E-state index contributed by atoms with van der Waals surface area (Å²) in [5.74, 6) is 0.858. The molecule has 5 heteroatoms. The van der Waals surface area contributed by atoms with Gasteiger partial charge in [-0.3, -0.25) is 0 Å². The highest BCUT2D eigenvalue weighted by Gasteiger charge is 2.49. The zero-order valence-corrected chi connectivity index (χ0v) is 15.3. The minimum absolute atomic E-state index is 0.0779. The summed E-state index contributed by atoms with van der Waals surface area (Å²) in [6.45, 7) is 6.06. The van der Waals surface area contributed by atoms with Crippen molar-refractivity contribution >= 4 is 6.03 Å². The van der Waals surface area contributed by atoms with E-state index in [4.69, 9.17) is 4.74 Å². The number of hydrogen-bond donors (Lipinski definition) is 3. The number of carbonyl (C=O) groups excluding carboxylic acids is 1. The van der Waals surface area contributed by atoms with Crippen LogP contribution in [-0.2, 0) is 0 Å². The van der Waals surface area contributed by atoms with Crippen LogP contribution in [-0.4, -0.2) is 22.4 Å². The van der Waals surface area contributed by atoms with Gasteiger partial charge in [-0.05, 0) is 32.4 Å². The van der Waals surface area contributed by atoms with Gasteiger partial charge < -0.3 is 20.5 Å². The number of rotatable bonds is 1. The van der Waals surface area contributed by atoms with Gasteiger partial charge in [0.25, 0.3) is 0 Å². The molecule has 4 rings (SSSR count). The molecule has 2 atom stereocenters. The molecule has 2 aliphatic heterocycles. The Morgan fingerprint density at radius 1 is 1.12 bits per heavy atom. The van der Waals surface area contributed by atoms with E-state index in [-0.39, 0.29) is 23.2 Å². The van der Waals surface area contributed by atoms with E-state index in [0.29, 0.717) is 18.6 Å². The van der Waals surface area contributed by atoms with Gasteiger partial charge >= 0.3 is 6.03 Å². The van der Waals surface area contributed by atoms with E-state index in [2.05, 4.69) is 41.8 Å². The van der Waals surface area contributed by atoms with Gasteiger partial charge in [0.15, 0.2) is 5.72 Å².